The van der Waals surface area contributed by atoms with Crippen molar-refractivity contribution >= 4 is 5.97 Å². The number of hydrogen-bond acceptors (Lipinski definition) is 3. The third kappa shape index (κ3) is 0.846. The number of carbonyl (C=O) groups excluding carboxylic acids is 1. The van der Waals surface area contributed by atoms with E-state index in [9.17, 15) is 18.0 Å². The van der Waals surface area contributed by atoms with Gasteiger partial charge in [-0.3, -0.25) is 4.79 Å². The second-order valence-corrected chi connectivity index (χ2v) is 3.93. The molecule has 1 saturated heterocycles. The number of ether oxygens (including phenoxy) is 1. The van der Waals surface area contributed by atoms with Crippen molar-refractivity contribution in [3.63, 3.8) is 0 Å². The fourth-order valence-electron chi connectivity index (χ4n) is 2.43. The van der Waals surface area contributed by atoms with Crippen LogP contribution in [-0.4, -0.2) is 32.3 Å². The smallest absolute Gasteiger partial charge is 0.396 e. The second kappa shape index (κ2) is 2.42. The predicted octanol–water partition coefficient (Wildman–Crippen LogP) is 0.701. The molecule has 0 amide bonds. The van der Waals surface area contributed by atoms with Crippen molar-refractivity contribution in [3.05, 3.63) is 0 Å². The van der Waals surface area contributed by atoms with Crippen LogP contribution in [0.4, 0.5) is 13.2 Å². The quantitative estimate of drug-likeness (QED) is 0.646. The number of piperidine rings is 1. The maximum Gasteiger partial charge on any atom is 0.396 e. The molecule has 0 unspecified atom stereocenters. The first-order chi connectivity index (χ1) is 6.40. The van der Waals surface area contributed by atoms with Gasteiger partial charge < -0.3 is 10.1 Å². The van der Waals surface area contributed by atoms with Gasteiger partial charge in [0.1, 0.15) is 0 Å². The van der Waals surface area contributed by atoms with E-state index in [0.717, 1.165) is 7.11 Å². The van der Waals surface area contributed by atoms with Gasteiger partial charge in [0.2, 0.25) is 0 Å². The van der Waals surface area contributed by atoms with Crippen molar-refractivity contribution in [2.75, 3.05) is 20.2 Å². The Morgan fingerprint density at radius 2 is 2.07 bits per heavy atom. The fourth-order valence-corrected chi connectivity index (χ4v) is 2.43. The summed E-state index contributed by atoms with van der Waals surface area (Å²) >= 11 is 0. The SMILES string of the molecule is COC(=O)[C@@]12CNC[C@]1(C(F)(F)F)C2. The average Bonchev–Trinajstić information content (AvgIpc) is 2.64. The minimum absolute atomic E-state index is 0.0686. The van der Waals surface area contributed by atoms with Gasteiger partial charge in [-0.2, -0.15) is 13.2 Å². The van der Waals surface area contributed by atoms with Gasteiger partial charge in [0, 0.05) is 13.1 Å². The van der Waals surface area contributed by atoms with Crippen LogP contribution in [0.1, 0.15) is 6.42 Å². The summed E-state index contributed by atoms with van der Waals surface area (Å²) in [6.45, 7) is -0.106. The van der Waals surface area contributed by atoms with Crippen LogP contribution in [0.2, 0.25) is 0 Å². The normalized spacial score (nSPS) is 40.6. The predicted molar refractivity (Wildman–Crippen MR) is 40.4 cm³/mol. The van der Waals surface area contributed by atoms with Gasteiger partial charge in [-0.05, 0) is 6.42 Å². The molecule has 3 nitrogen and oxygen atoms in total. The van der Waals surface area contributed by atoms with E-state index in [1.807, 2.05) is 0 Å². The van der Waals surface area contributed by atoms with E-state index >= 15 is 0 Å². The van der Waals surface area contributed by atoms with Crippen LogP contribution in [0, 0.1) is 10.8 Å². The molecule has 2 aliphatic rings. The van der Waals surface area contributed by atoms with E-state index in [1.54, 1.807) is 0 Å². The molecule has 80 valence electrons. The molecular weight excluding hydrogens is 199 g/mol. The topological polar surface area (TPSA) is 38.3 Å². The molecule has 0 aromatic carbocycles. The Balaban J connectivity index is 2.30. The van der Waals surface area contributed by atoms with Crippen molar-refractivity contribution in [3.8, 4) is 0 Å². The molecule has 1 heterocycles. The van der Waals surface area contributed by atoms with E-state index in [0.29, 0.717) is 0 Å². The lowest BCUT2D eigenvalue weighted by molar-refractivity contribution is -0.195. The van der Waals surface area contributed by atoms with Crippen LogP contribution in [0.15, 0.2) is 0 Å². The lowest BCUT2D eigenvalue weighted by Crippen LogP contribution is -2.34. The number of esters is 1. The zero-order valence-electron chi connectivity index (χ0n) is 7.57. The van der Waals surface area contributed by atoms with Crippen molar-refractivity contribution in [2.45, 2.75) is 12.6 Å². The first-order valence-electron chi connectivity index (χ1n) is 4.25. The third-order valence-corrected chi connectivity index (χ3v) is 3.37. The largest absolute Gasteiger partial charge is 0.469 e. The fraction of sp³-hybridized carbons (Fsp3) is 0.875. The van der Waals surface area contributed by atoms with Crippen LogP contribution in [0.5, 0.6) is 0 Å². The van der Waals surface area contributed by atoms with Crippen LogP contribution in [0.25, 0.3) is 0 Å². The molecule has 0 bridgehead atoms. The summed E-state index contributed by atoms with van der Waals surface area (Å²) in [5, 5.41) is 2.60. The number of halogens is 3. The highest BCUT2D eigenvalue weighted by Gasteiger charge is 2.85. The molecule has 0 spiro atoms. The van der Waals surface area contributed by atoms with Gasteiger partial charge in [-0.1, -0.05) is 0 Å². The summed E-state index contributed by atoms with van der Waals surface area (Å²) in [5.74, 6) is -0.750. The molecule has 0 aromatic rings. The molecule has 14 heavy (non-hydrogen) atoms. The lowest BCUT2D eigenvalue weighted by atomic mass is 9.96. The highest BCUT2D eigenvalue weighted by molar-refractivity contribution is 5.83. The van der Waals surface area contributed by atoms with E-state index in [1.165, 1.54) is 0 Å². The molecule has 1 aliphatic carbocycles. The van der Waals surface area contributed by atoms with Crippen LogP contribution < -0.4 is 5.32 Å². The van der Waals surface area contributed by atoms with Crippen molar-refractivity contribution in [1.29, 1.82) is 0 Å². The summed E-state index contributed by atoms with van der Waals surface area (Å²) in [6.07, 6.45) is -4.46. The Labute approximate surface area is 78.6 Å². The highest BCUT2D eigenvalue weighted by atomic mass is 19.4. The van der Waals surface area contributed by atoms with Crippen LogP contribution in [-0.2, 0) is 9.53 Å². The molecular formula is C8H10F3NO2. The minimum atomic E-state index is -4.33. The van der Waals surface area contributed by atoms with Gasteiger partial charge in [-0.15, -0.1) is 0 Å². The number of alkyl halides is 3. The second-order valence-electron chi connectivity index (χ2n) is 3.93. The summed E-state index contributed by atoms with van der Waals surface area (Å²) in [5.41, 5.74) is -3.22. The Morgan fingerprint density at radius 3 is 2.50 bits per heavy atom. The zero-order valence-corrected chi connectivity index (χ0v) is 7.57. The van der Waals surface area contributed by atoms with Crippen molar-refractivity contribution in [1.82, 2.24) is 5.32 Å². The number of hydrogen-bond donors (Lipinski definition) is 1. The maximum atomic E-state index is 12.7. The monoisotopic (exact) mass is 209 g/mol. The first kappa shape index (κ1) is 9.76. The molecule has 1 saturated carbocycles. The van der Waals surface area contributed by atoms with E-state index in [-0.39, 0.29) is 19.5 Å². The summed E-state index contributed by atoms with van der Waals surface area (Å²) < 4.78 is 42.5. The van der Waals surface area contributed by atoms with Crippen LogP contribution >= 0.6 is 0 Å². The molecule has 2 fully saturated rings. The molecule has 2 rings (SSSR count). The zero-order chi connectivity index (χ0) is 10.6. The lowest BCUT2D eigenvalue weighted by Gasteiger charge is -2.18. The standard InChI is InChI=1S/C8H10F3NO2/c1-14-5(13)6-2-7(6,4-12-3-6)8(9,10)11/h12H,2-4H2,1H3/t6-,7-/m1/s1. The average molecular weight is 209 g/mol. The number of rotatable bonds is 1. The molecule has 1 N–H and O–H groups in total. The number of carbonyl (C=O) groups is 1. The first-order valence-corrected chi connectivity index (χ1v) is 4.25. The van der Waals surface area contributed by atoms with Gasteiger partial charge >= 0.3 is 12.1 Å². The van der Waals surface area contributed by atoms with Gasteiger partial charge in [0.25, 0.3) is 0 Å². The maximum absolute atomic E-state index is 12.7. The summed E-state index contributed by atoms with van der Waals surface area (Å²) in [6, 6.07) is 0. The Morgan fingerprint density at radius 1 is 1.43 bits per heavy atom. The van der Waals surface area contributed by atoms with E-state index < -0.39 is 23.0 Å². The third-order valence-electron chi connectivity index (χ3n) is 3.37. The van der Waals surface area contributed by atoms with Crippen LogP contribution in [0.3, 0.4) is 0 Å². The highest BCUT2D eigenvalue weighted by Crippen LogP contribution is 2.73. The van der Waals surface area contributed by atoms with Gasteiger partial charge in [0.15, 0.2) is 0 Å². The number of methoxy groups -OCH3 is 1. The molecule has 6 heteroatoms. The minimum Gasteiger partial charge on any atom is -0.469 e. The van der Waals surface area contributed by atoms with Gasteiger partial charge in [0.05, 0.1) is 17.9 Å². The Bertz CT molecular complexity index is 291. The molecule has 0 radical (unpaired) electrons. The molecule has 0 aromatic heterocycles. The van der Waals surface area contributed by atoms with Crippen molar-refractivity contribution in [2.24, 2.45) is 10.8 Å². The molecule has 1 aliphatic heterocycles. The van der Waals surface area contributed by atoms with E-state index in [4.69, 9.17) is 0 Å². The number of fused-ring (bicyclic) bond motifs is 1. The Kier molecular flexibility index (Phi) is 1.69. The van der Waals surface area contributed by atoms with Gasteiger partial charge in [-0.25, -0.2) is 0 Å². The number of nitrogens with one attached hydrogen (secondary N) is 1. The van der Waals surface area contributed by atoms with E-state index in [2.05, 4.69) is 10.1 Å². The summed E-state index contributed by atoms with van der Waals surface area (Å²) in [4.78, 5) is 11.3. The Hall–Kier alpha value is -0.780. The van der Waals surface area contributed by atoms with Crippen molar-refractivity contribution < 1.29 is 22.7 Å². The molecule has 2 atom stereocenters. The summed E-state index contributed by atoms with van der Waals surface area (Å²) in [7, 11) is 1.12.